The number of methoxy groups -OCH3 is 1. The molecule has 114 valence electrons. The van der Waals surface area contributed by atoms with Gasteiger partial charge in [-0.05, 0) is 58.4 Å². The maximum atomic E-state index is 11.4. The number of fused-ring (bicyclic) bond motifs is 1. The maximum absolute atomic E-state index is 11.4. The van der Waals surface area contributed by atoms with Gasteiger partial charge in [0.25, 0.3) is 9.05 Å². The van der Waals surface area contributed by atoms with Crippen molar-refractivity contribution in [3.8, 4) is 11.4 Å². The summed E-state index contributed by atoms with van der Waals surface area (Å²) in [7, 11) is 3.21. The quantitative estimate of drug-likeness (QED) is 0.628. The van der Waals surface area contributed by atoms with Gasteiger partial charge >= 0.3 is 0 Å². The first-order chi connectivity index (χ1) is 10.4. The SMILES string of the molecule is COc1ccc(-n2nc(Br)c3cc(S(=O)(=O)Cl)ccc32)cc1. The Labute approximate surface area is 140 Å². The Bertz CT molecular complexity index is 952. The smallest absolute Gasteiger partial charge is 0.261 e. The van der Waals surface area contributed by atoms with E-state index in [0.717, 1.165) is 17.0 Å². The molecule has 8 heteroatoms. The van der Waals surface area contributed by atoms with Crippen molar-refractivity contribution in [3.63, 3.8) is 0 Å². The number of hydrogen-bond acceptors (Lipinski definition) is 4. The highest BCUT2D eigenvalue weighted by atomic mass is 79.9. The molecule has 1 aromatic heterocycles. The summed E-state index contributed by atoms with van der Waals surface area (Å²) in [6.45, 7) is 0. The standard InChI is InChI=1S/C14H10BrClN2O3S/c1-21-10-4-2-9(3-5-10)18-13-7-6-11(22(16,19)20)8-12(13)14(15)17-18/h2-8H,1H3. The summed E-state index contributed by atoms with van der Waals surface area (Å²) >= 11 is 3.35. The van der Waals surface area contributed by atoms with Gasteiger partial charge in [0.1, 0.15) is 10.4 Å². The lowest BCUT2D eigenvalue weighted by atomic mass is 10.2. The first kappa shape index (κ1) is 15.3. The van der Waals surface area contributed by atoms with Gasteiger partial charge in [-0.1, -0.05) is 0 Å². The highest BCUT2D eigenvalue weighted by Crippen LogP contribution is 2.29. The molecule has 0 aliphatic carbocycles. The number of nitrogens with zero attached hydrogens (tertiary/aromatic N) is 2. The molecule has 0 saturated heterocycles. The number of halogens is 2. The van der Waals surface area contributed by atoms with Gasteiger partial charge in [-0.2, -0.15) is 5.10 Å². The summed E-state index contributed by atoms with van der Waals surface area (Å²) in [5.41, 5.74) is 1.60. The predicted molar refractivity (Wildman–Crippen MR) is 88.4 cm³/mol. The van der Waals surface area contributed by atoms with E-state index >= 15 is 0 Å². The van der Waals surface area contributed by atoms with Crippen molar-refractivity contribution in [2.75, 3.05) is 7.11 Å². The minimum Gasteiger partial charge on any atom is -0.497 e. The van der Waals surface area contributed by atoms with Crippen molar-refractivity contribution < 1.29 is 13.2 Å². The van der Waals surface area contributed by atoms with E-state index in [9.17, 15) is 8.42 Å². The molecule has 0 saturated carbocycles. The van der Waals surface area contributed by atoms with Crippen LogP contribution in [-0.2, 0) is 9.05 Å². The lowest BCUT2D eigenvalue weighted by molar-refractivity contribution is 0.414. The van der Waals surface area contributed by atoms with E-state index in [4.69, 9.17) is 15.4 Å². The van der Waals surface area contributed by atoms with E-state index in [2.05, 4.69) is 21.0 Å². The van der Waals surface area contributed by atoms with E-state index in [1.54, 1.807) is 17.9 Å². The van der Waals surface area contributed by atoms with Crippen molar-refractivity contribution >= 4 is 46.6 Å². The van der Waals surface area contributed by atoms with Crippen LogP contribution in [0.25, 0.3) is 16.6 Å². The van der Waals surface area contributed by atoms with Gasteiger partial charge in [0.05, 0.1) is 23.2 Å². The third kappa shape index (κ3) is 2.71. The first-order valence-corrected chi connectivity index (χ1v) is 9.28. The first-order valence-electron chi connectivity index (χ1n) is 6.17. The molecule has 0 radical (unpaired) electrons. The van der Waals surface area contributed by atoms with Gasteiger partial charge in [-0.15, -0.1) is 0 Å². The van der Waals surface area contributed by atoms with Gasteiger partial charge in [0.15, 0.2) is 0 Å². The van der Waals surface area contributed by atoms with Gasteiger partial charge in [0.2, 0.25) is 0 Å². The van der Waals surface area contributed by atoms with Crippen LogP contribution in [0.1, 0.15) is 0 Å². The summed E-state index contributed by atoms with van der Waals surface area (Å²) in [5, 5.41) is 5.06. The van der Waals surface area contributed by atoms with Crippen molar-refractivity contribution in [1.82, 2.24) is 9.78 Å². The van der Waals surface area contributed by atoms with Crippen molar-refractivity contribution in [3.05, 3.63) is 47.1 Å². The molecule has 0 atom stereocenters. The van der Waals surface area contributed by atoms with Gasteiger partial charge < -0.3 is 4.74 Å². The fourth-order valence-electron chi connectivity index (χ4n) is 2.13. The highest BCUT2D eigenvalue weighted by molar-refractivity contribution is 9.10. The van der Waals surface area contributed by atoms with Gasteiger partial charge in [-0.3, -0.25) is 0 Å². The Hall–Kier alpha value is -1.57. The molecule has 0 spiro atoms. The molecular weight excluding hydrogens is 392 g/mol. The molecular formula is C14H10BrClN2O3S. The Morgan fingerprint density at radius 3 is 2.45 bits per heavy atom. The van der Waals surface area contributed by atoms with Crippen LogP contribution >= 0.6 is 26.6 Å². The van der Waals surface area contributed by atoms with Crippen molar-refractivity contribution in [2.24, 2.45) is 0 Å². The Balaban J connectivity index is 2.19. The zero-order valence-corrected chi connectivity index (χ0v) is 14.5. The second-order valence-electron chi connectivity index (χ2n) is 4.52. The number of ether oxygens (including phenoxy) is 1. The zero-order chi connectivity index (χ0) is 15.9. The lowest BCUT2D eigenvalue weighted by Crippen LogP contribution is -1.96. The van der Waals surface area contributed by atoms with Gasteiger partial charge in [0, 0.05) is 16.1 Å². The fraction of sp³-hybridized carbons (Fsp3) is 0.0714. The van der Waals surface area contributed by atoms with Crippen molar-refractivity contribution in [1.29, 1.82) is 0 Å². The number of rotatable bonds is 3. The number of hydrogen-bond donors (Lipinski definition) is 0. The summed E-state index contributed by atoms with van der Waals surface area (Å²) in [4.78, 5) is 0.0386. The second kappa shape index (κ2) is 5.57. The molecule has 0 unspecified atom stereocenters. The normalized spacial score (nSPS) is 11.8. The average Bonchev–Trinajstić information content (AvgIpc) is 2.83. The molecule has 0 aliphatic rings. The van der Waals surface area contributed by atoms with Crippen LogP contribution in [0, 0.1) is 0 Å². The van der Waals surface area contributed by atoms with Crippen LogP contribution in [0.4, 0.5) is 0 Å². The second-order valence-corrected chi connectivity index (χ2v) is 7.83. The minimum absolute atomic E-state index is 0.0386. The van der Waals surface area contributed by atoms with Crippen LogP contribution in [0.2, 0.25) is 0 Å². The predicted octanol–water partition coefficient (Wildman–Crippen LogP) is 3.72. The van der Waals surface area contributed by atoms with Crippen LogP contribution in [-0.4, -0.2) is 25.3 Å². The maximum Gasteiger partial charge on any atom is 0.261 e. The Morgan fingerprint density at radius 1 is 1.18 bits per heavy atom. The molecule has 1 heterocycles. The lowest BCUT2D eigenvalue weighted by Gasteiger charge is -2.05. The van der Waals surface area contributed by atoms with Crippen LogP contribution in [0.5, 0.6) is 5.75 Å². The largest absolute Gasteiger partial charge is 0.497 e. The average molecular weight is 402 g/mol. The summed E-state index contributed by atoms with van der Waals surface area (Å²) in [5.74, 6) is 0.745. The molecule has 0 fully saturated rings. The molecule has 3 aromatic rings. The molecule has 22 heavy (non-hydrogen) atoms. The van der Waals surface area contributed by atoms with Gasteiger partial charge in [-0.25, -0.2) is 13.1 Å². The molecule has 3 rings (SSSR count). The third-order valence-electron chi connectivity index (χ3n) is 3.20. The Kier molecular flexibility index (Phi) is 3.88. The van der Waals surface area contributed by atoms with Crippen LogP contribution in [0.3, 0.4) is 0 Å². The molecule has 0 aliphatic heterocycles. The monoisotopic (exact) mass is 400 g/mol. The summed E-state index contributed by atoms with van der Waals surface area (Å²) in [6.07, 6.45) is 0. The molecule has 0 bridgehead atoms. The highest BCUT2D eigenvalue weighted by Gasteiger charge is 2.15. The van der Waals surface area contributed by atoms with Crippen LogP contribution in [0.15, 0.2) is 52.0 Å². The number of benzene rings is 2. The van der Waals surface area contributed by atoms with Crippen molar-refractivity contribution in [2.45, 2.75) is 4.90 Å². The third-order valence-corrected chi connectivity index (χ3v) is 5.14. The van der Waals surface area contributed by atoms with Crippen LogP contribution < -0.4 is 4.74 Å². The fourth-order valence-corrected chi connectivity index (χ4v) is 3.39. The number of aromatic nitrogens is 2. The van der Waals surface area contributed by atoms with E-state index < -0.39 is 9.05 Å². The molecule has 5 nitrogen and oxygen atoms in total. The molecule has 0 amide bonds. The zero-order valence-electron chi connectivity index (χ0n) is 11.3. The van der Waals surface area contributed by atoms with E-state index in [1.807, 2.05) is 24.3 Å². The van der Waals surface area contributed by atoms with E-state index in [0.29, 0.717) is 9.99 Å². The summed E-state index contributed by atoms with van der Waals surface area (Å²) < 4.78 is 30.3. The minimum atomic E-state index is -3.78. The molecule has 2 aromatic carbocycles. The van der Waals surface area contributed by atoms with E-state index in [1.165, 1.54) is 12.1 Å². The summed E-state index contributed by atoms with van der Waals surface area (Å²) in [6, 6.07) is 12.0. The topological polar surface area (TPSA) is 61.2 Å². The Morgan fingerprint density at radius 2 is 1.86 bits per heavy atom. The van der Waals surface area contributed by atoms with E-state index in [-0.39, 0.29) is 4.90 Å². The molecule has 0 N–H and O–H groups in total.